The first-order chi connectivity index (χ1) is 8.23. The van der Waals surface area contributed by atoms with E-state index in [0.717, 1.165) is 0 Å². The van der Waals surface area contributed by atoms with E-state index in [0.29, 0.717) is 19.3 Å². The molecule has 0 aliphatic heterocycles. The molecule has 0 rings (SSSR count). The number of halogens is 3. The van der Waals surface area contributed by atoms with Gasteiger partial charge in [0.05, 0.1) is 0 Å². The van der Waals surface area contributed by atoms with Crippen LogP contribution >= 0.6 is 34.8 Å². The van der Waals surface area contributed by atoms with Crippen molar-refractivity contribution < 1.29 is 19.6 Å². The molecule has 6 nitrogen and oxygen atoms in total. The number of alkyl halides is 3. The van der Waals surface area contributed by atoms with Crippen LogP contribution in [0.15, 0.2) is 0 Å². The highest BCUT2D eigenvalue weighted by Gasteiger charge is 2.37. The monoisotopic (exact) mass is 321 g/mol. The van der Waals surface area contributed by atoms with Gasteiger partial charge in [0.25, 0.3) is 0 Å². The minimum Gasteiger partial charge on any atom is -0.481 e. The van der Waals surface area contributed by atoms with Crippen LogP contribution in [0.4, 0.5) is 0 Å². The molecule has 0 aromatic rings. The van der Waals surface area contributed by atoms with Crippen LogP contribution in [0.25, 0.3) is 0 Å². The second-order valence-electron chi connectivity index (χ2n) is 3.62. The van der Waals surface area contributed by atoms with Gasteiger partial charge in [0.1, 0.15) is 0 Å². The zero-order chi connectivity index (χ0) is 14.2. The van der Waals surface area contributed by atoms with E-state index in [4.69, 9.17) is 44.6 Å². The van der Waals surface area contributed by atoms with Gasteiger partial charge in [-0.2, -0.15) is 0 Å². The molecule has 18 heavy (non-hydrogen) atoms. The normalized spacial score (nSPS) is 13.3. The van der Waals surface area contributed by atoms with Crippen molar-refractivity contribution in [2.75, 3.05) is 13.2 Å². The number of nitro groups is 1. The highest BCUT2D eigenvalue weighted by molar-refractivity contribution is 6.68. The summed E-state index contributed by atoms with van der Waals surface area (Å²) < 4.78 is 3.29. The number of carbonyl (C=O) groups is 1. The summed E-state index contributed by atoms with van der Waals surface area (Å²) in [5, 5.41) is 18.8. The molecule has 0 unspecified atom stereocenters. The van der Waals surface area contributed by atoms with E-state index in [-0.39, 0.29) is 13.0 Å². The number of carboxylic acids is 1. The quantitative estimate of drug-likeness (QED) is 0.305. The lowest BCUT2D eigenvalue weighted by molar-refractivity contribution is -0.491. The van der Waals surface area contributed by atoms with Crippen molar-refractivity contribution in [1.29, 1.82) is 0 Å². The fourth-order valence-electron chi connectivity index (χ4n) is 1.17. The highest BCUT2D eigenvalue weighted by Crippen LogP contribution is 2.32. The molecular weight excluding hydrogens is 308 g/mol. The van der Waals surface area contributed by atoms with Gasteiger partial charge in [0.2, 0.25) is 10.3 Å². The van der Waals surface area contributed by atoms with E-state index in [1.807, 2.05) is 0 Å². The van der Waals surface area contributed by atoms with Crippen molar-refractivity contribution >= 4 is 40.8 Å². The molecular formula is C9H14Cl3NO5. The number of unbranched alkanes of at least 4 members (excludes halogenated alkanes) is 2. The number of aliphatic carboxylic acids is 1. The van der Waals surface area contributed by atoms with Crippen LogP contribution in [0.2, 0.25) is 0 Å². The fraction of sp³-hybridized carbons (Fsp3) is 0.889. The summed E-state index contributed by atoms with van der Waals surface area (Å²) in [5.41, 5.74) is 0. The van der Waals surface area contributed by atoms with E-state index >= 15 is 0 Å². The Morgan fingerprint density at radius 2 is 1.94 bits per heavy atom. The van der Waals surface area contributed by atoms with Crippen LogP contribution in [0, 0.1) is 10.1 Å². The van der Waals surface area contributed by atoms with Crippen LogP contribution in [0.1, 0.15) is 25.7 Å². The van der Waals surface area contributed by atoms with Gasteiger partial charge in [-0.05, 0) is 12.8 Å². The molecule has 0 aliphatic rings. The van der Waals surface area contributed by atoms with E-state index < -0.39 is 27.3 Å². The smallest absolute Gasteiger partial charge is 0.303 e. The first-order valence-corrected chi connectivity index (χ1v) is 6.38. The Morgan fingerprint density at radius 3 is 2.39 bits per heavy atom. The largest absolute Gasteiger partial charge is 0.481 e. The topological polar surface area (TPSA) is 89.7 Å². The number of hydrogen-bond donors (Lipinski definition) is 1. The van der Waals surface area contributed by atoms with Gasteiger partial charge >= 0.3 is 5.97 Å². The maximum atomic E-state index is 10.4. The van der Waals surface area contributed by atoms with Crippen LogP contribution in [0.5, 0.6) is 0 Å². The summed E-state index contributed by atoms with van der Waals surface area (Å²) in [6, 6.07) is 0. The standard InChI is InChI=1S/C9H14Cl3NO5/c10-9(11,12)7(6-13(16)17)18-5-3-1-2-4-8(14)15/h7H,1-6H2,(H,14,15)/t7-/m0/s1. The zero-order valence-corrected chi connectivity index (χ0v) is 11.7. The molecule has 1 N–H and O–H groups in total. The predicted molar refractivity (Wildman–Crippen MR) is 68.0 cm³/mol. The minimum absolute atomic E-state index is 0.0861. The van der Waals surface area contributed by atoms with E-state index in [2.05, 4.69) is 0 Å². The SMILES string of the molecule is O=C(O)CCCCCO[C@@H](C[N+](=O)[O-])C(Cl)(Cl)Cl. The highest BCUT2D eigenvalue weighted by atomic mass is 35.6. The van der Waals surface area contributed by atoms with Gasteiger partial charge in [-0.25, -0.2) is 0 Å². The van der Waals surface area contributed by atoms with Crippen LogP contribution in [0.3, 0.4) is 0 Å². The minimum atomic E-state index is -1.85. The maximum absolute atomic E-state index is 10.4. The van der Waals surface area contributed by atoms with Crippen molar-refractivity contribution in [3.8, 4) is 0 Å². The van der Waals surface area contributed by atoms with E-state index in [1.165, 1.54) is 0 Å². The Bertz CT molecular complexity index is 282. The number of rotatable bonds is 9. The molecule has 0 saturated carbocycles. The van der Waals surface area contributed by atoms with Crippen LogP contribution in [-0.2, 0) is 9.53 Å². The third-order valence-electron chi connectivity index (χ3n) is 2.03. The molecule has 106 valence electrons. The molecule has 0 spiro atoms. The molecule has 0 saturated heterocycles. The van der Waals surface area contributed by atoms with Gasteiger partial charge < -0.3 is 9.84 Å². The molecule has 0 aromatic heterocycles. The lowest BCUT2D eigenvalue weighted by atomic mass is 10.2. The summed E-state index contributed by atoms with van der Waals surface area (Å²) in [6.07, 6.45) is 0.686. The van der Waals surface area contributed by atoms with Crippen molar-refractivity contribution in [2.24, 2.45) is 0 Å². The second-order valence-corrected chi connectivity index (χ2v) is 5.99. The van der Waals surface area contributed by atoms with Crippen molar-refractivity contribution in [3.63, 3.8) is 0 Å². The van der Waals surface area contributed by atoms with Gasteiger partial charge in [-0.3, -0.25) is 14.9 Å². The molecule has 1 atom stereocenters. The van der Waals surface area contributed by atoms with Crippen molar-refractivity contribution in [1.82, 2.24) is 0 Å². The first kappa shape index (κ1) is 17.7. The van der Waals surface area contributed by atoms with Gasteiger partial charge in [0.15, 0.2) is 6.10 Å². The Hall–Kier alpha value is -0.300. The second kappa shape index (κ2) is 8.74. The van der Waals surface area contributed by atoms with Gasteiger partial charge in [-0.15, -0.1) is 0 Å². The fourth-order valence-corrected chi connectivity index (χ4v) is 1.56. The molecule has 0 aromatic carbocycles. The molecule has 0 heterocycles. The van der Waals surface area contributed by atoms with Gasteiger partial charge in [0, 0.05) is 18.0 Å². The third kappa shape index (κ3) is 9.70. The average molecular weight is 323 g/mol. The summed E-state index contributed by atoms with van der Waals surface area (Å²) >= 11 is 16.6. The number of nitrogens with zero attached hydrogens (tertiary/aromatic N) is 1. The predicted octanol–water partition coefficient (Wildman–Crippen LogP) is 2.66. The summed E-state index contributed by atoms with van der Waals surface area (Å²) in [6.45, 7) is -0.405. The molecule has 0 radical (unpaired) electrons. The Labute approximate surface area is 119 Å². The summed E-state index contributed by atoms with van der Waals surface area (Å²) in [4.78, 5) is 20.0. The third-order valence-corrected chi connectivity index (χ3v) is 2.76. The zero-order valence-electron chi connectivity index (χ0n) is 9.48. The molecule has 0 fully saturated rings. The number of hydrogen-bond acceptors (Lipinski definition) is 4. The first-order valence-electron chi connectivity index (χ1n) is 5.25. The Morgan fingerprint density at radius 1 is 1.33 bits per heavy atom. The lowest BCUT2D eigenvalue weighted by Crippen LogP contribution is -2.35. The summed E-state index contributed by atoms with van der Waals surface area (Å²) in [5.74, 6) is -0.858. The Balaban J connectivity index is 3.84. The maximum Gasteiger partial charge on any atom is 0.303 e. The molecule has 0 bridgehead atoms. The lowest BCUT2D eigenvalue weighted by Gasteiger charge is -2.21. The summed E-state index contributed by atoms with van der Waals surface area (Å²) in [7, 11) is 0. The van der Waals surface area contributed by atoms with E-state index in [9.17, 15) is 14.9 Å². The van der Waals surface area contributed by atoms with Crippen LogP contribution in [-0.4, -0.2) is 39.0 Å². The van der Waals surface area contributed by atoms with Crippen molar-refractivity contribution in [2.45, 2.75) is 35.6 Å². The Kier molecular flexibility index (Phi) is 8.60. The molecule has 9 heteroatoms. The van der Waals surface area contributed by atoms with Crippen LogP contribution < -0.4 is 0 Å². The number of ether oxygens (including phenoxy) is 1. The molecule has 0 aliphatic carbocycles. The molecule has 0 amide bonds. The van der Waals surface area contributed by atoms with Gasteiger partial charge in [-0.1, -0.05) is 41.2 Å². The van der Waals surface area contributed by atoms with Crippen molar-refractivity contribution in [3.05, 3.63) is 10.1 Å². The average Bonchev–Trinajstić information content (AvgIpc) is 2.18. The van der Waals surface area contributed by atoms with E-state index in [1.54, 1.807) is 0 Å². The number of carboxylic acid groups (broad SMARTS) is 1.